The Labute approximate surface area is 129 Å². The van der Waals surface area contributed by atoms with Gasteiger partial charge in [-0.1, -0.05) is 13.8 Å². The second kappa shape index (κ2) is 7.07. The van der Waals surface area contributed by atoms with Crippen LogP contribution in [0.3, 0.4) is 0 Å². The number of likely N-dealkylation sites (N-methyl/N-ethyl adjacent to an activating group) is 1. The van der Waals surface area contributed by atoms with Crippen LogP contribution in [0.15, 0.2) is 0 Å². The number of rotatable bonds is 7. The number of hydrogen-bond donors (Lipinski definition) is 2. The first-order valence-electron chi connectivity index (χ1n) is 7.72. The van der Waals surface area contributed by atoms with Crippen molar-refractivity contribution in [3.63, 3.8) is 0 Å². The summed E-state index contributed by atoms with van der Waals surface area (Å²) in [6, 6.07) is 0. The Kier molecular flexibility index (Phi) is 5.96. The minimum Gasteiger partial charge on any atom is -0.370 e. The van der Waals surface area contributed by atoms with E-state index in [0.29, 0.717) is 5.92 Å². The first-order chi connectivity index (χ1) is 9.69. The van der Waals surface area contributed by atoms with E-state index < -0.39 is 0 Å². The summed E-state index contributed by atoms with van der Waals surface area (Å²) in [5, 5.41) is 6.83. The van der Waals surface area contributed by atoms with Crippen LogP contribution in [0, 0.1) is 6.92 Å². The van der Waals surface area contributed by atoms with Gasteiger partial charge in [0.15, 0.2) is 0 Å². The summed E-state index contributed by atoms with van der Waals surface area (Å²) in [5.74, 6) is 3.05. The summed E-state index contributed by atoms with van der Waals surface area (Å²) in [4.78, 5) is 11.5. The fourth-order valence-electron chi connectivity index (χ4n) is 1.76. The normalized spacial score (nSPS) is 12.1. The second-order valence-electron chi connectivity index (χ2n) is 6.65. The number of nitrogens with one attached hydrogen (secondary N) is 2. The van der Waals surface area contributed by atoms with Gasteiger partial charge in [-0.3, -0.25) is 0 Å². The lowest BCUT2D eigenvalue weighted by atomic mass is 10.0. The maximum absolute atomic E-state index is 4.70. The molecule has 0 aliphatic carbocycles. The molecule has 5 heteroatoms. The third-order valence-electron chi connectivity index (χ3n) is 3.92. The third-order valence-corrected chi connectivity index (χ3v) is 3.92. The van der Waals surface area contributed by atoms with Crippen molar-refractivity contribution in [3.05, 3.63) is 11.4 Å². The maximum atomic E-state index is 4.70. The zero-order chi connectivity index (χ0) is 16.2. The average molecular weight is 293 g/mol. The van der Waals surface area contributed by atoms with Crippen LogP contribution in [0.4, 0.5) is 11.6 Å². The van der Waals surface area contributed by atoms with E-state index in [-0.39, 0.29) is 5.54 Å². The summed E-state index contributed by atoms with van der Waals surface area (Å²) in [7, 11) is 4.19. The van der Waals surface area contributed by atoms with Gasteiger partial charge in [0, 0.05) is 30.1 Å². The van der Waals surface area contributed by atoms with Crippen molar-refractivity contribution in [1.29, 1.82) is 0 Å². The standard InChI is InChI=1S/C16H31N5/c1-9-17-14-12(4)15(20-13(19-14)11(2)3)18-10-16(5,6)21(7)8/h11H,9-10H2,1-8H3,(H2,17,18,19,20). The highest BCUT2D eigenvalue weighted by Crippen LogP contribution is 2.24. The van der Waals surface area contributed by atoms with Crippen molar-refractivity contribution in [3.8, 4) is 0 Å². The van der Waals surface area contributed by atoms with Crippen molar-refractivity contribution >= 4 is 11.6 Å². The number of nitrogens with zero attached hydrogens (tertiary/aromatic N) is 3. The van der Waals surface area contributed by atoms with Gasteiger partial charge in [0.2, 0.25) is 0 Å². The van der Waals surface area contributed by atoms with E-state index in [2.05, 4.69) is 76.2 Å². The van der Waals surface area contributed by atoms with Crippen LogP contribution < -0.4 is 10.6 Å². The summed E-state index contributed by atoms with van der Waals surface area (Å²) in [5.41, 5.74) is 1.14. The van der Waals surface area contributed by atoms with Crippen LogP contribution in [0.5, 0.6) is 0 Å². The molecule has 0 fully saturated rings. The Morgan fingerprint density at radius 1 is 1.10 bits per heavy atom. The van der Waals surface area contributed by atoms with Crippen LogP contribution in [-0.4, -0.2) is 47.6 Å². The van der Waals surface area contributed by atoms with Crippen molar-refractivity contribution in [2.24, 2.45) is 0 Å². The van der Waals surface area contributed by atoms with E-state index in [0.717, 1.165) is 36.1 Å². The van der Waals surface area contributed by atoms with Gasteiger partial charge in [0.05, 0.1) is 0 Å². The van der Waals surface area contributed by atoms with E-state index in [4.69, 9.17) is 4.98 Å². The molecule has 0 aliphatic rings. The molecule has 0 saturated heterocycles. The van der Waals surface area contributed by atoms with Crippen molar-refractivity contribution in [2.45, 2.75) is 53.0 Å². The van der Waals surface area contributed by atoms with Gasteiger partial charge in [-0.25, -0.2) is 9.97 Å². The molecule has 1 heterocycles. The Hall–Kier alpha value is -1.36. The van der Waals surface area contributed by atoms with E-state index in [9.17, 15) is 0 Å². The van der Waals surface area contributed by atoms with E-state index in [1.807, 2.05) is 0 Å². The smallest absolute Gasteiger partial charge is 0.135 e. The predicted molar refractivity (Wildman–Crippen MR) is 91.3 cm³/mol. The van der Waals surface area contributed by atoms with Gasteiger partial charge in [-0.2, -0.15) is 0 Å². The molecule has 2 N–H and O–H groups in total. The van der Waals surface area contributed by atoms with Crippen LogP contribution >= 0.6 is 0 Å². The predicted octanol–water partition coefficient (Wildman–Crippen LogP) is 3.09. The Morgan fingerprint density at radius 3 is 2.05 bits per heavy atom. The van der Waals surface area contributed by atoms with Crippen molar-refractivity contribution in [1.82, 2.24) is 14.9 Å². The van der Waals surface area contributed by atoms with E-state index >= 15 is 0 Å². The number of hydrogen-bond acceptors (Lipinski definition) is 5. The zero-order valence-electron chi connectivity index (χ0n) is 14.8. The molecule has 1 aromatic rings. The average Bonchev–Trinajstić information content (AvgIpc) is 2.39. The van der Waals surface area contributed by atoms with Gasteiger partial charge in [-0.05, 0) is 41.8 Å². The highest BCUT2D eigenvalue weighted by Gasteiger charge is 2.21. The second-order valence-corrected chi connectivity index (χ2v) is 6.65. The molecule has 1 aromatic heterocycles. The SMILES string of the molecule is CCNc1nc(C(C)C)nc(NCC(C)(C)N(C)C)c1C. The topological polar surface area (TPSA) is 53.1 Å². The summed E-state index contributed by atoms with van der Waals surface area (Å²) in [6.45, 7) is 14.5. The van der Waals surface area contributed by atoms with Crippen LogP contribution in [0.25, 0.3) is 0 Å². The first kappa shape index (κ1) is 17.7. The molecular weight excluding hydrogens is 262 g/mol. The lowest BCUT2D eigenvalue weighted by molar-refractivity contribution is 0.210. The lowest BCUT2D eigenvalue weighted by Crippen LogP contribution is -2.44. The molecule has 0 amide bonds. The zero-order valence-corrected chi connectivity index (χ0v) is 14.8. The minimum absolute atomic E-state index is 0.0632. The molecule has 0 aliphatic heterocycles. The summed E-state index contributed by atoms with van der Waals surface area (Å²) >= 11 is 0. The first-order valence-corrected chi connectivity index (χ1v) is 7.72. The van der Waals surface area contributed by atoms with Gasteiger partial charge in [0.1, 0.15) is 17.5 Å². The van der Waals surface area contributed by atoms with Crippen LogP contribution in [0.1, 0.15) is 51.9 Å². The molecule has 1 rings (SSSR count). The fraction of sp³-hybridized carbons (Fsp3) is 0.750. The lowest BCUT2D eigenvalue weighted by Gasteiger charge is -2.33. The van der Waals surface area contributed by atoms with Crippen LogP contribution in [0.2, 0.25) is 0 Å². The molecule has 0 aromatic carbocycles. The number of aromatic nitrogens is 2. The molecule has 120 valence electrons. The van der Waals surface area contributed by atoms with Gasteiger partial charge < -0.3 is 15.5 Å². The molecular formula is C16H31N5. The summed E-state index contributed by atoms with van der Waals surface area (Å²) < 4.78 is 0. The molecule has 0 radical (unpaired) electrons. The molecule has 0 bridgehead atoms. The molecule has 21 heavy (non-hydrogen) atoms. The van der Waals surface area contributed by atoms with E-state index in [1.165, 1.54) is 0 Å². The van der Waals surface area contributed by atoms with E-state index in [1.54, 1.807) is 0 Å². The molecule has 0 unspecified atom stereocenters. The molecule has 0 saturated carbocycles. The molecule has 0 atom stereocenters. The maximum Gasteiger partial charge on any atom is 0.135 e. The monoisotopic (exact) mass is 293 g/mol. The quantitative estimate of drug-likeness (QED) is 0.809. The molecule has 0 spiro atoms. The van der Waals surface area contributed by atoms with Gasteiger partial charge >= 0.3 is 0 Å². The Balaban J connectivity index is 3.05. The highest BCUT2D eigenvalue weighted by atomic mass is 15.2. The molecule has 5 nitrogen and oxygen atoms in total. The van der Waals surface area contributed by atoms with Crippen molar-refractivity contribution < 1.29 is 0 Å². The largest absolute Gasteiger partial charge is 0.370 e. The van der Waals surface area contributed by atoms with Crippen LogP contribution in [-0.2, 0) is 0 Å². The third kappa shape index (κ3) is 4.56. The highest BCUT2D eigenvalue weighted by molar-refractivity contribution is 5.57. The number of anilines is 2. The Bertz CT molecular complexity index is 466. The fourth-order valence-corrected chi connectivity index (χ4v) is 1.76. The van der Waals surface area contributed by atoms with Crippen molar-refractivity contribution in [2.75, 3.05) is 37.8 Å². The summed E-state index contributed by atoms with van der Waals surface area (Å²) in [6.07, 6.45) is 0. The van der Waals surface area contributed by atoms with Gasteiger partial charge in [0.25, 0.3) is 0 Å². The minimum atomic E-state index is 0.0632. The van der Waals surface area contributed by atoms with Gasteiger partial charge in [-0.15, -0.1) is 0 Å². The Morgan fingerprint density at radius 2 is 1.62 bits per heavy atom.